The quantitative estimate of drug-likeness (QED) is 0.140. The third kappa shape index (κ3) is 3.87. The topological polar surface area (TPSA) is 7.12 Å². The van der Waals surface area contributed by atoms with Crippen LogP contribution in [-0.4, -0.2) is 11.0 Å². The van der Waals surface area contributed by atoms with Gasteiger partial charge in [-0.05, 0) is 46.9 Å². The van der Waals surface area contributed by atoms with E-state index in [1.54, 1.807) is 0 Å². The maximum absolute atomic E-state index is 2.54. The minimum absolute atomic E-state index is 1.07. The summed E-state index contributed by atoms with van der Waals surface area (Å²) in [6.07, 6.45) is 10.5. The van der Waals surface area contributed by atoms with Crippen molar-refractivity contribution in [2.75, 3.05) is 15.9 Å². The molecule has 0 saturated carbocycles. The fourth-order valence-corrected chi connectivity index (χ4v) is 6.75. The van der Waals surface area contributed by atoms with Crippen LogP contribution in [0.15, 0.2) is 94.5 Å². The largest absolute Gasteiger partial charge is 0.335 e. The first-order valence-corrected chi connectivity index (χ1v) is 14.0. The molecule has 0 radical (unpaired) electrons. The monoisotopic (exact) mass is 561 g/mol. The van der Waals surface area contributed by atoms with E-state index in [2.05, 4.69) is 117 Å². The third-order valence-electron chi connectivity index (χ3n) is 6.65. The Kier molecular flexibility index (Phi) is 5.89. The van der Waals surface area contributed by atoms with Crippen LogP contribution in [-0.2, 0) is 6.54 Å². The molecule has 3 heterocycles. The lowest BCUT2D eigenvalue weighted by atomic mass is 10.0. The number of hydrogen-bond donors (Lipinski definition) is 0. The molecule has 2 aliphatic rings. The summed E-state index contributed by atoms with van der Waals surface area (Å²) in [5.41, 5.74) is 5.45. The van der Waals surface area contributed by atoms with Crippen molar-refractivity contribution >= 4 is 67.8 Å². The van der Waals surface area contributed by atoms with Gasteiger partial charge in [0.05, 0.1) is 16.1 Å². The molecule has 0 fully saturated rings. The maximum atomic E-state index is 2.54. The van der Waals surface area contributed by atoms with Gasteiger partial charge >= 0.3 is 0 Å². The number of thioether (sulfide) groups is 1. The van der Waals surface area contributed by atoms with Crippen LogP contribution in [0.1, 0.15) is 24.8 Å². The molecular weight excluding hydrogens is 535 g/mol. The molecule has 6 rings (SSSR count). The summed E-state index contributed by atoms with van der Waals surface area (Å²) in [6, 6.07) is 24.4. The molecule has 4 heteroatoms. The van der Waals surface area contributed by atoms with Crippen molar-refractivity contribution in [3.05, 3.63) is 95.2 Å². The molecule has 0 saturated heterocycles. The van der Waals surface area contributed by atoms with Crippen LogP contribution in [0, 0.1) is 0 Å². The molecule has 0 atom stereocenters. The molecule has 164 valence electrons. The maximum Gasteiger partial charge on any atom is 0.213 e. The summed E-state index contributed by atoms with van der Waals surface area (Å²) in [5, 5.41) is 5.45. The van der Waals surface area contributed by atoms with E-state index in [1.165, 1.54) is 65.7 Å². The standard InChI is InChI=1S/C29H26IN2S/c30-17-6-18-31-20-16-22(24-9-3-4-11-26(24)31)12-13-23-8-5-19-32-27-15-14-21-7-1-2-10-25(21)28(27)33-29(23)32/h1-4,7,9-16,20H,5-6,8,17-19H2/q+1. The van der Waals surface area contributed by atoms with Gasteiger partial charge in [-0.2, -0.15) is 4.57 Å². The predicted molar refractivity (Wildman–Crippen MR) is 150 cm³/mol. The summed E-state index contributed by atoms with van der Waals surface area (Å²) in [6.45, 7) is 2.18. The first kappa shape index (κ1) is 21.2. The summed E-state index contributed by atoms with van der Waals surface area (Å²) < 4.78 is 3.58. The van der Waals surface area contributed by atoms with Gasteiger partial charge in [0, 0.05) is 34.4 Å². The van der Waals surface area contributed by atoms with Crippen LogP contribution in [0.25, 0.3) is 27.8 Å². The number of aryl methyl sites for hydroxylation is 1. The molecule has 0 aliphatic carbocycles. The smallest absolute Gasteiger partial charge is 0.213 e. The average molecular weight is 562 g/mol. The van der Waals surface area contributed by atoms with Crippen molar-refractivity contribution in [1.82, 2.24) is 0 Å². The van der Waals surface area contributed by atoms with Gasteiger partial charge in [0.25, 0.3) is 0 Å². The lowest BCUT2D eigenvalue weighted by Gasteiger charge is -2.27. The van der Waals surface area contributed by atoms with Crippen molar-refractivity contribution in [3.63, 3.8) is 0 Å². The van der Waals surface area contributed by atoms with Gasteiger partial charge in [-0.3, -0.25) is 0 Å². The zero-order valence-corrected chi connectivity index (χ0v) is 21.5. The summed E-state index contributed by atoms with van der Waals surface area (Å²) in [4.78, 5) is 3.95. The van der Waals surface area contributed by atoms with E-state index in [-0.39, 0.29) is 0 Å². The first-order chi connectivity index (χ1) is 16.3. The van der Waals surface area contributed by atoms with E-state index < -0.39 is 0 Å². The zero-order chi connectivity index (χ0) is 22.2. The second-order valence-electron chi connectivity index (χ2n) is 8.68. The van der Waals surface area contributed by atoms with Crippen molar-refractivity contribution in [2.24, 2.45) is 0 Å². The van der Waals surface area contributed by atoms with Crippen LogP contribution in [0.4, 0.5) is 5.69 Å². The van der Waals surface area contributed by atoms with Crippen LogP contribution in [0.5, 0.6) is 0 Å². The lowest BCUT2D eigenvalue weighted by Crippen LogP contribution is -2.34. The van der Waals surface area contributed by atoms with Gasteiger partial charge in [-0.15, -0.1) is 0 Å². The van der Waals surface area contributed by atoms with E-state index in [0.29, 0.717) is 0 Å². The van der Waals surface area contributed by atoms with Gasteiger partial charge in [-0.25, -0.2) is 0 Å². The molecule has 0 N–H and O–H groups in total. The van der Waals surface area contributed by atoms with Crippen LogP contribution < -0.4 is 9.47 Å². The highest BCUT2D eigenvalue weighted by Crippen LogP contribution is 2.52. The minimum Gasteiger partial charge on any atom is -0.335 e. The molecule has 0 bridgehead atoms. The van der Waals surface area contributed by atoms with Crippen LogP contribution in [0.3, 0.4) is 0 Å². The number of rotatable bonds is 5. The number of alkyl halides is 1. The molecule has 2 aliphatic heterocycles. The Labute approximate surface area is 213 Å². The number of benzene rings is 3. The van der Waals surface area contributed by atoms with E-state index in [9.17, 15) is 0 Å². The Balaban J connectivity index is 1.38. The van der Waals surface area contributed by atoms with E-state index in [1.807, 2.05) is 11.8 Å². The molecular formula is C29H26IN2S+. The molecule has 3 aromatic carbocycles. The number of anilines is 1. The van der Waals surface area contributed by atoms with Crippen LogP contribution >= 0.6 is 34.4 Å². The number of fused-ring (bicyclic) bond motifs is 6. The Morgan fingerprint density at radius 1 is 0.939 bits per heavy atom. The SMILES string of the molecule is ICCC[n+]1ccc(C=CC2=C3Sc4c(ccc5ccccc45)N3CCC2)c2ccccc21. The van der Waals surface area contributed by atoms with E-state index in [4.69, 9.17) is 0 Å². The number of hydrogen-bond acceptors (Lipinski definition) is 2. The second kappa shape index (κ2) is 9.15. The van der Waals surface area contributed by atoms with E-state index in [0.717, 1.165) is 19.5 Å². The highest BCUT2D eigenvalue weighted by atomic mass is 127. The third-order valence-corrected chi connectivity index (χ3v) is 8.72. The summed E-state index contributed by atoms with van der Waals surface area (Å²) in [7, 11) is 0. The molecule has 0 spiro atoms. The second-order valence-corrected chi connectivity index (χ2v) is 10.8. The Hall–Kier alpha value is -2.31. The Bertz CT molecular complexity index is 1420. The number of pyridine rings is 1. The Morgan fingerprint density at radius 2 is 1.79 bits per heavy atom. The fourth-order valence-electron chi connectivity index (χ4n) is 5.03. The first-order valence-electron chi connectivity index (χ1n) is 11.7. The number of halogens is 1. The lowest BCUT2D eigenvalue weighted by molar-refractivity contribution is -0.671. The summed E-state index contributed by atoms with van der Waals surface area (Å²) in [5.74, 6) is 0. The number of para-hydroxylation sites is 1. The van der Waals surface area contributed by atoms with Crippen LogP contribution in [0.2, 0.25) is 0 Å². The number of allylic oxidation sites excluding steroid dienone is 2. The van der Waals surface area contributed by atoms with Crippen molar-refractivity contribution in [1.29, 1.82) is 0 Å². The molecule has 1 aromatic heterocycles. The van der Waals surface area contributed by atoms with Gasteiger partial charge in [0.1, 0.15) is 6.54 Å². The molecule has 0 unspecified atom stereocenters. The highest BCUT2D eigenvalue weighted by molar-refractivity contribution is 14.1. The van der Waals surface area contributed by atoms with Gasteiger partial charge in [0.15, 0.2) is 6.20 Å². The molecule has 4 aromatic rings. The van der Waals surface area contributed by atoms with E-state index >= 15 is 0 Å². The van der Waals surface area contributed by atoms with Gasteiger partial charge in [0.2, 0.25) is 5.52 Å². The number of aromatic nitrogens is 1. The summed E-state index contributed by atoms with van der Waals surface area (Å²) >= 11 is 4.42. The highest BCUT2D eigenvalue weighted by Gasteiger charge is 2.30. The van der Waals surface area contributed by atoms with Crippen molar-refractivity contribution in [3.8, 4) is 0 Å². The predicted octanol–water partition coefficient (Wildman–Crippen LogP) is 7.74. The van der Waals surface area contributed by atoms with Gasteiger partial charge in [-0.1, -0.05) is 89.0 Å². The van der Waals surface area contributed by atoms with Crippen molar-refractivity contribution < 1.29 is 4.57 Å². The number of nitrogens with zero attached hydrogens (tertiary/aromatic N) is 2. The molecule has 2 nitrogen and oxygen atoms in total. The van der Waals surface area contributed by atoms with Crippen molar-refractivity contribution in [2.45, 2.75) is 30.7 Å². The Morgan fingerprint density at radius 3 is 2.70 bits per heavy atom. The fraction of sp³-hybridized carbons (Fsp3) is 0.207. The normalized spacial score (nSPS) is 15.6. The minimum atomic E-state index is 1.07. The average Bonchev–Trinajstić information content (AvgIpc) is 3.26. The molecule has 33 heavy (non-hydrogen) atoms. The molecule has 0 amide bonds. The van der Waals surface area contributed by atoms with Gasteiger partial charge < -0.3 is 4.90 Å². The zero-order valence-electron chi connectivity index (χ0n) is 18.5.